The molecule has 3 heteroatoms. The molecule has 0 bridgehead atoms. The van der Waals surface area contributed by atoms with Gasteiger partial charge in [0.2, 0.25) is 5.90 Å². The molecule has 3 nitrogen and oxygen atoms in total. The normalized spacial score (nSPS) is 25.7. The van der Waals surface area contributed by atoms with Crippen LogP contribution in [0.4, 0.5) is 0 Å². The lowest BCUT2D eigenvalue weighted by atomic mass is 10.2. The maximum atomic E-state index is 9.01. The molecule has 1 aliphatic rings. The summed E-state index contributed by atoms with van der Waals surface area (Å²) in [6.45, 7) is 1.96. The number of benzene rings is 1. The van der Waals surface area contributed by atoms with Gasteiger partial charge in [-0.3, -0.25) is 0 Å². The number of aliphatic imine (C=N–C) groups is 1. The van der Waals surface area contributed by atoms with Crippen LogP contribution in [0.2, 0.25) is 0 Å². The minimum Gasteiger partial charge on any atom is -0.472 e. The van der Waals surface area contributed by atoms with E-state index in [0.29, 0.717) is 5.90 Å². The summed E-state index contributed by atoms with van der Waals surface area (Å²) in [4.78, 5) is 4.30. The third-order valence-corrected chi connectivity index (χ3v) is 2.33. The summed E-state index contributed by atoms with van der Waals surface area (Å²) in [5.74, 6) is 0.636. The van der Waals surface area contributed by atoms with Crippen LogP contribution in [-0.4, -0.2) is 29.8 Å². The minimum absolute atomic E-state index is 0.0322. The molecule has 1 aliphatic heterocycles. The second kappa shape index (κ2) is 3.80. The van der Waals surface area contributed by atoms with Crippen LogP contribution in [-0.2, 0) is 4.74 Å². The molecular weight excluding hydrogens is 178 g/mol. The van der Waals surface area contributed by atoms with Gasteiger partial charge in [0.15, 0.2) is 0 Å². The molecule has 1 aromatic rings. The van der Waals surface area contributed by atoms with E-state index < -0.39 is 0 Å². The van der Waals surface area contributed by atoms with E-state index in [1.165, 1.54) is 0 Å². The second-order valence-corrected chi connectivity index (χ2v) is 3.37. The average molecular weight is 191 g/mol. The fourth-order valence-electron chi connectivity index (χ4n) is 1.45. The predicted octanol–water partition coefficient (Wildman–Crippen LogP) is 1.21. The average Bonchev–Trinajstić information content (AvgIpc) is 2.61. The molecule has 0 saturated heterocycles. The number of hydrogen-bond donors (Lipinski definition) is 1. The van der Waals surface area contributed by atoms with Gasteiger partial charge in [-0.15, -0.1) is 0 Å². The van der Waals surface area contributed by atoms with Crippen molar-refractivity contribution in [2.24, 2.45) is 4.99 Å². The van der Waals surface area contributed by atoms with E-state index in [0.717, 1.165) is 5.56 Å². The first kappa shape index (κ1) is 9.21. The van der Waals surface area contributed by atoms with E-state index in [-0.39, 0.29) is 18.8 Å². The fourth-order valence-corrected chi connectivity index (χ4v) is 1.45. The largest absolute Gasteiger partial charge is 0.472 e. The van der Waals surface area contributed by atoms with Crippen molar-refractivity contribution in [1.82, 2.24) is 0 Å². The monoisotopic (exact) mass is 191 g/mol. The summed E-state index contributed by atoms with van der Waals surface area (Å²) in [6, 6.07) is 9.61. The number of hydrogen-bond acceptors (Lipinski definition) is 3. The molecule has 1 N–H and O–H groups in total. The van der Waals surface area contributed by atoms with Gasteiger partial charge in [-0.2, -0.15) is 0 Å². The predicted molar refractivity (Wildman–Crippen MR) is 54.4 cm³/mol. The van der Waals surface area contributed by atoms with E-state index in [1.54, 1.807) is 0 Å². The zero-order valence-electron chi connectivity index (χ0n) is 8.05. The Kier molecular flexibility index (Phi) is 2.50. The van der Waals surface area contributed by atoms with Crippen LogP contribution < -0.4 is 0 Å². The van der Waals surface area contributed by atoms with Crippen molar-refractivity contribution in [1.29, 1.82) is 0 Å². The van der Waals surface area contributed by atoms with Crippen molar-refractivity contribution in [3.05, 3.63) is 35.9 Å². The van der Waals surface area contributed by atoms with Crippen molar-refractivity contribution in [2.45, 2.75) is 19.1 Å². The van der Waals surface area contributed by atoms with Crippen molar-refractivity contribution in [3.8, 4) is 0 Å². The Labute approximate surface area is 83.1 Å². The molecule has 0 fully saturated rings. The van der Waals surface area contributed by atoms with Crippen LogP contribution in [0.25, 0.3) is 0 Å². The fraction of sp³-hybridized carbons (Fsp3) is 0.364. The summed E-state index contributed by atoms with van der Waals surface area (Å²) in [5.41, 5.74) is 0.968. The maximum absolute atomic E-state index is 9.01. The van der Waals surface area contributed by atoms with Gasteiger partial charge in [-0.05, 0) is 19.1 Å². The van der Waals surface area contributed by atoms with Gasteiger partial charge in [0, 0.05) is 5.56 Å². The van der Waals surface area contributed by atoms with Gasteiger partial charge in [0.25, 0.3) is 0 Å². The smallest absolute Gasteiger partial charge is 0.216 e. The van der Waals surface area contributed by atoms with Crippen molar-refractivity contribution < 1.29 is 9.84 Å². The van der Waals surface area contributed by atoms with Crippen molar-refractivity contribution in [3.63, 3.8) is 0 Å². The zero-order chi connectivity index (χ0) is 9.97. The molecule has 0 saturated carbocycles. The van der Waals surface area contributed by atoms with Crippen LogP contribution in [0.15, 0.2) is 35.3 Å². The SMILES string of the molecule is C[C@H]1OC(c2ccccc2)=N[C@H]1CO. The number of aliphatic hydroxyl groups excluding tert-OH is 1. The van der Waals surface area contributed by atoms with Crippen LogP contribution in [0.3, 0.4) is 0 Å². The van der Waals surface area contributed by atoms with Crippen LogP contribution >= 0.6 is 0 Å². The van der Waals surface area contributed by atoms with E-state index in [2.05, 4.69) is 4.99 Å². The topological polar surface area (TPSA) is 41.8 Å². The molecule has 0 aliphatic carbocycles. The standard InChI is InChI=1S/C11H13NO2/c1-8-10(7-13)12-11(14-8)9-5-3-2-4-6-9/h2-6,8,10,13H,7H2,1H3/t8-,10+/m1/s1. The quantitative estimate of drug-likeness (QED) is 0.763. The Morgan fingerprint density at radius 2 is 2.07 bits per heavy atom. The summed E-state index contributed by atoms with van der Waals surface area (Å²) >= 11 is 0. The Hall–Kier alpha value is -1.35. The zero-order valence-corrected chi connectivity index (χ0v) is 8.05. The molecule has 0 amide bonds. The van der Waals surface area contributed by atoms with Gasteiger partial charge in [0.1, 0.15) is 12.1 Å². The van der Waals surface area contributed by atoms with Crippen molar-refractivity contribution >= 4 is 5.90 Å². The Balaban J connectivity index is 2.22. The van der Waals surface area contributed by atoms with E-state index in [1.807, 2.05) is 37.3 Å². The highest BCUT2D eigenvalue weighted by molar-refractivity contribution is 5.95. The van der Waals surface area contributed by atoms with Gasteiger partial charge in [0.05, 0.1) is 6.61 Å². The van der Waals surface area contributed by atoms with Gasteiger partial charge in [-0.1, -0.05) is 18.2 Å². The molecule has 1 aromatic carbocycles. The third kappa shape index (κ3) is 1.63. The van der Waals surface area contributed by atoms with Crippen LogP contribution in [0, 0.1) is 0 Å². The molecule has 0 aromatic heterocycles. The lowest BCUT2D eigenvalue weighted by molar-refractivity contribution is 0.165. The molecule has 2 atom stereocenters. The van der Waals surface area contributed by atoms with E-state index >= 15 is 0 Å². The molecule has 74 valence electrons. The molecule has 14 heavy (non-hydrogen) atoms. The van der Waals surface area contributed by atoms with Crippen LogP contribution in [0.1, 0.15) is 12.5 Å². The van der Waals surface area contributed by atoms with Crippen molar-refractivity contribution in [2.75, 3.05) is 6.61 Å². The summed E-state index contributed by atoms with van der Waals surface area (Å²) in [5, 5.41) is 9.01. The highest BCUT2D eigenvalue weighted by Gasteiger charge is 2.26. The van der Waals surface area contributed by atoms with Gasteiger partial charge >= 0.3 is 0 Å². The molecule has 0 spiro atoms. The number of nitrogens with zero attached hydrogens (tertiary/aromatic N) is 1. The van der Waals surface area contributed by atoms with Gasteiger partial charge in [-0.25, -0.2) is 4.99 Å². The maximum Gasteiger partial charge on any atom is 0.216 e. The molecule has 2 rings (SSSR count). The molecule has 0 radical (unpaired) electrons. The minimum atomic E-state index is -0.120. The summed E-state index contributed by atoms with van der Waals surface area (Å²) < 4.78 is 5.54. The number of ether oxygens (including phenoxy) is 1. The lowest BCUT2D eigenvalue weighted by Crippen LogP contribution is -2.21. The van der Waals surface area contributed by atoms with Crippen LogP contribution in [0.5, 0.6) is 0 Å². The van der Waals surface area contributed by atoms with Gasteiger partial charge < -0.3 is 9.84 Å². The first-order valence-electron chi connectivity index (χ1n) is 4.72. The number of aliphatic hydroxyl groups is 1. The highest BCUT2D eigenvalue weighted by atomic mass is 16.5. The Morgan fingerprint density at radius 3 is 2.64 bits per heavy atom. The first-order chi connectivity index (χ1) is 6.81. The first-order valence-corrected chi connectivity index (χ1v) is 4.72. The molecule has 0 unspecified atom stereocenters. The summed E-state index contributed by atoms with van der Waals surface area (Å²) in [6.07, 6.45) is -0.0322. The summed E-state index contributed by atoms with van der Waals surface area (Å²) in [7, 11) is 0. The van der Waals surface area contributed by atoms with E-state index in [9.17, 15) is 0 Å². The third-order valence-electron chi connectivity index (χ3n) is 2.33. The lowest BCUT2D eigenvalue weighted by Gasteiger charge is -2.09. The highest BCUT2D eigenvalue weighted by Crippen LogP contribution is 2.17. The second-order valence-electron chi connectivity index (χ2n) is 3.37. The molecular formula is C11H13NO2. The Morgan fingerprint density at radius 1 is 1.36 bits per heavy atom. The number of rotatable bonds is 2. The Bertz CT molecular complexity index is 334. The van der Waals surface area contributed by atoms with E-state index in [4.69, 9.17) is 9.84 Å². The molecule has 1 heterocycles.